The Balaban J connectivity index is 1.67. The van der Waals surface area contributed by atoms with Crippen molar-refractivity contribution in [2.75, 3.05) is 17.2 Å². The third kappa shape index (κ3) is 4.84. The minimum absolute atomic E-state index is 0.123. The van der Waals surface area contributed by atoms with Gasteiger partial charge in [0.15, 0.2) is 5.60 Å². The Morgan fingerprint density at radius 3 is 2.68 bits per heavy atom. The number of esters is 1. The third-order valence-electron chi connectivity index (χ3n) is 4.16. The SMILES string of the molecule is CC(=O)OCC1(C)C=Cc2cc(NC(=O)Nc3ccc(C)cc3Cl)ccc2O1. The Kier molecular flexibility index (Phi) is 5.61. The molecule has 0 saturated carbocycles. The average molecular weight is 401 g/mol. The fourth-order valence-corrected chi connectivity index (χ4v) is 3.01. The second kappa shape index (κ2) is 7.94. The van der Waals surface area contributed by atoms with Gasteiger partial charge in [0.1, 0.15) is 12.4 Å². The molecule has 0 aromatic heterocycles. The molecule has 0 radical (unpaired) electrons. The Morgan fingerprint density at radius 2 is 1.96 bits per heavy atom. The van der Waals surface area contributed by atoms with Gasteiger partial charge < -0.3 is 20.1 Å². The summed E-state index contributed by atoms with van der Waals surface area (Å²) in [5.41, 5.74) is 2.24. The number of ether oxygens (including phenoxy) is 2. The number of hydrogen-bond acceptors (Lipinski definition) is 4. The monoisotopic (exact) mass is 400 g/mol. The van der Waals surface area contributed by atoms with E-state index >= 15 is 0 Å². The number of hydrogen-bond donors (Lipinski definition) is 2. The van der Waals surface area contributed by atoms with Crippen LogP contribution in [0.15, 0.2) is 42.5 Å². The minimum Gasteiger partial charge on any atom is -0.479 e. The molecule has 1 unspecified atom stereocenters. The van der Waals surface area contributed by atoms with Gasteiger partial charge in [-0.15, -0.1) is 0 Å². The highest BCUT2D eigenvalue weighted by Crippen LogP contribution is 2.33. The van der Waals surface area contributed by atoms with Gasteiger partial charge in [-0.2, -0.15) is 0 Å². The highest BCUT2D eigenvalue weighted by molar-refractivity contribution is 6.33. The predicted octanol–water partition coefficient (Wildman–Crippen LogP) is 5.02. The lowest BCUT2D eigenvalue weighted by Crippen LogP contribution is -2.37. The van der Waals surface area contributed by atoms with Crippen molar-refractivity contribution >= 4 is 41.1 Å². The van der Waals surface area contributed by atoms with Gasteiger partial charge in [0.25, 0.3) is 0 Å². The van der Waals surface area contributed by atoms with Crippen molar-refractivity contribution in [3.05, 3.63) is 58.6 Å². The van der Waals surface area contributed by atoms with E-state index in [1.165, 1.54) is 6.92 Å². The van der Waals surface area contributed by atoms with Crippen LogP contribution in [0.25, 0.3) is 6.08 Å². The summed E-state index contributed by atoms with van der Waals surface area (Å²) in [6.45, 7) is 5.24. The Labute approximate surface area is 168 Å². The van der Waals surface area contributed by atoms with Gasteiger partial charge in [-0.1, -0.05) is 23.7 Å². The van der Waals surface area contributed by atoms with E-state index in [1.54, 1.807) is 30.3 Å². The summed E-state index contributed by atoms with van der Waals surface area (Å²) in [6, 6.07) is 10.3. The summed E-state index contributed by atoms with van der Waals surface area (Å²) < 4.78 is 11.0. The first-order chi connectivity index (χ1) is 13.2. The van der Waals surface area contributed by atoms with Gasteiger partial charge in [0.05, 0.1) is 10.7 Å². The molecule has 3 rings (SSSR count). The molecule has 2 aromatic carbocycles. The molecule has 7 heteroatoms. The van der Waals surface area contributed by atoms with E-state index in [-0.39, 0.29) is 12.6 Å². The van der Waals surface area contributed by atoms with Crippen LogP contribution in [0.3, 0.4) is 0 Å². The summed E-state index contributed by atoms with van der Waals surface area (Å²) in [5.74, 6) is 0.285. The average Bonchev–Trinajstić information content (AvgIpc) is 2.63. The van der Waals surface area contributed by atoms with Crippen LogP contribution in [-0.4, -0.2) is 24.2 Å². The number of amides is 2. The zero-order valence-corrected chi connectivity index (χ0v) is 16.6. The molecule has 0 spiro atoms. The number of nitrogens with one attached hydrogen (secondary N) is 2. The fraction of sp³-hybridized carbons (Fsp3) is 0.238. The van der Waals surface area contributed by atoms with Crippen molar-refractivity contribution in [1.29, 1.82) is 0 Å². The zero-order valence-electron chi connectivity index (χ0n) is 15.8. The summed E-state index contributed by atoms with van der Waals surface area (Å²) in [7, 11) is 0. The lowest BCUT2D eigenvalue weighted by molar-refractivity contribution is -0.145. The number of carbonyl (C=O) groups is 2. The molecule has 0 bridgehead atoms. The predicted molar refractivity (Wildman–Crippen MR) is 110 cm³/mol. The van der Waals surface area contributed by atoms with E-state index in [9.17, 15) is 9.59 Å². The highest BCUT2D eigenvalue weighted by Gasteiger charge is 2.29. The number of aryl methyl sites for hydroxylation is 1. The molecule has 1 aliphatic heterocycles. The summed E-state index contributed by atoms with van der Waals surface area (Å²) in [5, 5.41) is 5.98. The molecule has 2 amide bonds. The quantitative estimate of drug-likeness (QED) is 0.706. The van der Waals surface area contributed by atoms with Crippen LogP contribution in [0, 0.1) is 6.92 Å². The van der Waals surface area contributed by atoms with Crippen molar-refractivity contribution in [3.63, 3.8) is 0 Å². The number of rotatable bonds is 4. The molecule has 0 aliphatic carbocycles. The van der Waals surface area contributed by atoms with E-state index in [0.717, 1.165) is 11.1 Å². The van der Waals surface area contributed by atoms with Gasteiger partial charge in [-0.3, -0.25) is 4.79 Å². The molecular weight excluding hydrogens is 380 g/mol. The molecule has 1 heterocycles. The van der Waals surface area contributed by atoms with Crippen molar-refractivity contribution in [3.8, 4) is 5.75 Å². The maximum absolute atomic E-state index is 12.3. The lowest BCUT2D eigenvalue weighted by Gasteiger charge is -2.31. The van der Waals surface area contributed by atoms with Gasteiger partial charge >= 0.3 is 12.0 Å². The van der Waals surface area contributed by atoms with Gasteiger partial charge in [0.2, 0.25) is 0 Å². The van der Waals surface area contributed by atoms with Crippen molar-refractivity contribution in [1.82, 2.24) is 0 Å². The number of urea groups is 1. The minimum atomic E-state index is -0.729. The molecule has 0 fully saturated rings. The van der Waals surface area contributed by atoms with Crippen LogP contribution in [0.5, 0.6) is 5.75 Å². The van der Waals surface area contributed by atoms with E-state index < -0.39 is 11.6 Å². The Hall–Kier alpha value is -2.99. The first-order valence-corrected chi connectivity index (χ1v) is 9.12. The first-order valence-electron chi connectivity index (χ1n) is 8.74. The molecule has 1 aliphatic rings. The second-order valence-corrected chi connectivity index (χ2v) is 7.25. The molecule has 6 nitrogen and oxygen atoms in total. The van der Waals surface area contributed by atoms with Crippen LogP contribution in [-0.2, 0) is 9.53 Å². The van der Waals surface area contributed by atoms with Crippen LogP contribution >= 0.6 is 11.6 Å². The van der Waals surface area contributed by atoms with E-state index in [1.807, 2.05) is 32.1 Å². The Morgan fingerprint density at radius 1 is 1.18 bits per heavy atom. The van der Waals surface area contributed by atoms with Crippen LogP contribution in [0.1, 0.15) is 25.0 Å². The van der Waals surface area contributed by atoms with Gasteiger partial charge in [-0.25, -0.2) is 4.79 Å². The van der Waals surface area contributed by atoms with Gasteiger partial charge in [-0.05, 0) is 55.8 Å². The van der Waals surface area contributed by atoms with Crippen molar-refractivity contribution < 1.29 is 19.1 Å². The van der Waals surface area contributed by atoms with E-state index in [4.69, 9.17) is 21.1 Å². The summed E-state index contributed by atoms with van der Waals surface area (Å²) in [6.07, 6.45) is 3.70. The second-order valence-electron chi connectivity index (χ2n) is 6.84. The van der Waals surface area contributed by atoms with Crippen LogP contribution < -0.4 is 15.4 Å². The summed E-state index contributed by atoms with van der Waals surface area (Å²) >= 11 is 6.14. The van der Waals surface area contributed by atoms with Gasteiger partial charge in [0, 0.05) is 18.2 Å². The molecule has 2 N–H and O–H groups in total. The smallest absolute Gasteiger partial charge is 0.323 e. The molecule has 2 aromatic rings. The normalized spacial score (nSPS) is 17.3. The number of anilines is 2. The van der Waals surface area contributed by atoms with E-state index in [2.05, 4.69) is 10.6 Å². The zero-order chi connectivity index (χ0) is 20.3. The molecule has 146 valence electrons. The highest BCUT2D eigenvalue weighted by atomic mass is 35.5. The number of benzene rings is 2. The maximum Gasteiger partial charge on any atom is 0.323 e. The van der Waals surface area contributed by atoms with Crippen molar-refractivity contribution in [2.45, 2.75) is 26.4 Å². The largest absolute Gasteiger partial charge is 0.479 e. The van der Waals surface area contributed by atoms with Crippen LogP contribution in [0.2, 0.25) is 5.02 Å². The maximum atomic E-state index is 12.3. The number of halogens is 1. The standard InChI is InChI=1S/C21H21ClN2O4/c1-13-4-6-18(17(22)10-13)24-20(26)23-16-5-7-19-15(11-16)8-9-21(3,28-19)12-27-14(2)25/h4-11H,12H2,1-3H3,(H2,23,24,26). The molecule has 0 saturated heterocycles. The number of carbonyl (C=O) groups excluding carboxylic acids is 2. The Bertz CT molecular complexity index is 957. The van der Waals surface area contributed by atoms with Crippen LogP contribution in [0.4, 0.5) is 16.2 Å². The topological polar surface area (TPSA) is 76.7 Å². The molecule has 1 atom stereocenters. The first kappa shape index (κ1) is 19.8. The molecule has 28 heavy (non-hydrogen) atoms. The summed E-state index contributed by atoms with van der Waals surface area (Å²) in [4.78, 5) is 23.3. The van der Waals surface area contributed by atoms with E-state index in [0.29, 0.717) is 22.1 Å². The lowest BCUT2D eigenvalue weighted by atomic mass is 10.0. The fourth-order valence-electron chi connectivity index (χ4n) is 2.73. The van der Waals surface area contributed by atoms with Crippen molar-refractivity contribution in [2.24, 2.45) is 0 Å². The number of fused-ring (bicyclic) bond motifs is 1. The third-order valence-corrected chi connectivity index (χ3v) is 4.47. The molecular formula is C21H21ClN2O4.